The molecule has 2 aromatic rings. The lowest BCUT2D eigenvalue weighted by atomic mass is 10.0. The van der Waals surface area contributed by atoms with Gasteiger partial charge in [0.25, 0.3) is 10.0 Å². The number of amides is 2. The molecule has 0 unspecified atom stereocenters. The highest BCUT2D eigenvalue weighted by Crippen LogP contribution is 2.25. The molecular weight excluding hydrogens is 380 g/mol. The fourth-order valence-corrected chi connectivity index (χ4v) is 3.96. The van der Waals surface area contributed by atoms with Crippen molar-refractivity contribution in [3.63, 3.8) is 0 Å². The summed E-state index contributed by atoms with van der Waals surface area (Å²) >= 11 is 0. The van der Waals surface area contributed by atoms with E-state index in [0.29, 0.717) is 23.2 Å². The molecule has 8 heteroatoms. The van der Waals surface area contributed by atoms with Crippen LogP contribution >= 0.6 is 0 Å². The van der Waals surface area contributed by atoms with Gasteiger partial charge in [-0.2, -0.15) is 0 Å². The number of benzene rings is 2. The molecule has 2 amide bonds. The van der Waals surface area contributed by atoms with E-state index in [1.807, 2.05) is 11.6 Å². The molecule has 2 aromatic carbocycles. The van der Waals surface area contributed by atoms with Gasteiger partial charge in [-0.15, -0.1) is 0 Å². The number of anilines is 1. The number of carbonyl (C=O) groups is 3. The van der Waals surface area contributed by atoms with E-state index in [1.54, 1.807) is 24.3 Å². The lowest BCUT2D eigenvalue weighted by molar-refractivity contribution is -0.119. The Morgan fingerprint density at radius 2 is 1.75 bits per heavy atom. The number of Topliss-reactive ketones (excluding diaryl/α,β-unsaturated/α-hetero) is 1. The minimum absolute atomic E-state index is 0.0550. The van der Waals surface area contributed by atoms with Gasteiger partial charge in [0.05, 0.1) is 4.90 Å². The monoisotopic (exact) mass is 400 g/mol. The number of fused-ring (bicyclic) bond motifs is 1. The molecule has 0 aliphatic carbocycles. The largest absolute Gasteiger partial charge is 0.326 e. The second-order valence-corrected chi connectivity index (χ2v) is 8.37. The highest BCUT2D eigenvalue weighted by molar-refractivity contribution is 7.90. The summed E-state index contributed by atoms with van der Waals surface area (Å²) in [6.45, 7) is 1.90. The summed E-state index contributed by atoms with van der Waals surface area (Å²) in [5.41, 5.74) is 2.78. The number of nitrogens with one attached hydrogen (secondary N) is 2. The number of ketones is 1. The number of rotatable bonds is 6. The van der Waals surface area contributed by atoms with Crippen molar-refractivity contribution in [2.75, 3.05) is 5.32 Å². The van der Waals surface area contributed by atoms with E-state index in [0.717, 1.165) is 5.56 Å². The zero-order chi connectivity index (χ0) is 20.3. The molecule has 1 heterocycles. The smallest absolute Gasteiger partial charge is 0.264 e. The van der Waals surface area contributed by atoms with Crippen molar-refractivity contribution in [3.05, 3.63) is 59.2 Å². The van der Waals surface area contributed by atoms with E-state index in [1.165, 1.54) is 18.2 Å². The van der Waals surface area contributed by atoms with E-state index in [-0.39, 0.29) is 35.8 Å². The third-order valence-electron chi connectivity index (χ3n) is 4.48. The zero-order valence-electron chi connectivity index (χ0n) is 15.3. The van der Waals surface area contributed by atoms with Crippen LogP contribution in [0, 0.1) is 6.92 Å². The quantitative estimate of drug-likeness (QED) is 0.724. The van der Waals surface area contributed by atoms with Crippen molar-refractivity contribution in [2.45, 2.75) is 37.5 Å². The molecular formula is C20H20N2O5S. The predicted octanol–water partition coefficient (Wildman–Crippen LogP) is 2.35. The van der Waals surface area contributed by atoms with E-state index in [4.69, 9.17) is 0 Å². The van der Waals surface area contributed by atoms with Crippen LogP contribution < -0.4 is 10.0 Å². The first kappa shape index (κ1) is 19.8. The molecule has 3 rings (SSSR count). The lowest BCUT2D eigenvalue weighted by Crippen LogP contribution is -2.31. The first-order valence-corrected chi connectivity index (χ1v) is 10.3. The molecule has 2 N–H and O–H groups in total. The van der Waals surface area contributed by atoms with Crippen LogP contribution in [0.15, 0.2) is 47.4 Å². The number of hydrogen-bond acceptors (Lipinski definition) is 5. The Hall–Kier alpha value is -3.00. The highest BCUT2D eigenvalue weighted by Gasteiger charge is 2.22. The van der Waals surface area contributed by atoms with Crippen LogP contribution in [-0.2, 0) is 26.0 Å². The maximum Gasteiger partial charge on any atom is 0.264 e. The van der Waals surface area contributed by atoms with Crippen LogP contribution in [0.25, 0.3) is 0 Å². The van der Waals surface area contributed by atoms with Crippen molar-refractivity contribution in [3.8, 4) is 0 Å². The van der Waals surface area contributed by atoms with Crippen LogP contribution in [0.4, 0.5) is 5.69 Å². The van der Waals surface area contributed by atoms with Gasteiger partial charge in [-0.25, -0.2) is 13.1 Å². The summed E-state index contributed by atoms with van der Waals surface area (Å²) in [4.78, 5) is 35.5. The Bertz CT molecular complexity index is 1040. The number of carbonyl (C=O) groups excluding carboxylic acids is 3. The SMILES string of the molecule is Cc1ccc(C(=O)CCC(=O)NS(=O)(=O)c2ccc3c(c2)CCC(=O)N3)cc1. The molecule has 7 nitrogen and oxygen atoms in total. The van der Waals surface area contributed by atoms with Crippen molar-refractivity contribution < 1.29 is 22.8 Å². The fourth-order valence-electron chi connectivity index (χ4n) is 2.90. The van der Waals surface area contributed by atoms with Crippen LogP contribution in [-0.4, -0.2) is 26.0 Å². The van der Waals surface area contributed by atoms with Crippen molar-refractivity contribution in [1.82, 2.24) is 4.72 Å². The predicted molar refractivity (Wildman–Crippen MR) is 103 cm³/mol. The Balaban J connectivity index is 1.62. The Morgan fingerprint density at radius 3 is 2.46 bits per heavy atom. The van der Waals surface area contributed by atoms with Crippen molar-refractivity contribution in [2.24, 2.45) is 0 Å². The number of sulfonamides is 1. The van der Waals surface area contributed by atoms with Gasteiger partial charge >= 0.3 is 0 Å². The summed E-state index contributed by atoms with van der Waals surface area (Å²) in [7, 11) is -4.05. The molecule has 0 atom stereocenters. The molecule has 0 saturated heterocycles. The van der Waals surface area contributed by atoms with Gasteiger partial charge in [-0.05, 0) is 37.1 Å². The third kappa shape index (κ3) is 4.64. The Labute approximate surface area is 163 Å². The van der Waals surface area contributed by atoms with Crippen LogP contribution in [0.5, 0.6) is 0 Å². The van der Waals surface area contributed by atoms with Crippen LogP contribution in [0.3, 0.4) is 0 Å². The van der Waals surface area contributed by atoms with E-state index in [2.05, 4.69) is 5.32 Å². The molecule has 0 saturated carbocycles. The maximum atomic E-state index is 12.4. The van der Waals surface area contributed by atoms with E-state index < -0.39 is 15.9 Å². The molecule has 0 radical (unpaired) electrons. The molecule has 146 valence electrons. The van der Waals surface area contributed by atoms with Crippen LogP contribution in [0.1, 0.15) is 40.7 Å². The second kappa shape index (κ2) is 7.93. The topological polar surface area (TPSA) is 109 Å². The zero-order valence-corrected chi connectivity index (χ0v) is 16.1. The van der Waals surface area contributed by atoms with Gasteiger partial charge in [0.2, 0.25) is 11.8 Å². The molecule has 1 aliphatic heterocycles. The van der Waals surface area contributed by atoms with Gasteiger partial charge in [0.15, 0.2) is 5.78 Å². The average Bonchev–Trinajstić information content (AvgIpc) is 2.65. The van der Waals surface area contributed by atoms with Crippen molar-refractivity contribution >= 4 is 33.3 Å². The fraction of sp³-hybridized carbons (Fsp3) is 0.250. The van der Waals surface area contributed by atoms with Crippen LogP contribution in [0.2, 0.25) is 0 Å². The standard InChI is InChI=1S/C20H20N2O5S/c1-13-2-4-14(5-3-13)18(23)9-11-20(25)22-28(26,27)16-7-8-17-15(12-16)6-10-19(24)21-17/h2-5,7-8,12H,6,9-11H2,1H3,(H,21,24)(H,22,25). The van der Waals surface area contributed by atoms with Gasteiger partial charge in [-0.3, -0.25) is 14.4 Å². The molecule has 28 heavy (non-hydrogen) atoms. The third-order valence-corrected chi connectivity index (χ3v) is 5.85. The highest BCUT2D eigenvalue weighted by atomic mass is 32.2. The molecule has 0 spiro atoms. The normalized spacial score (nSPS) is 13.4. The number of aryl methyl sites for hydroxylation is 2. The second-order valence-electron chi connectivity index (χ2n) is 6.69. The van der Waals surface area contributed by atoms with Gasteiger partial charge in [0, 0.05) is 30.5 Å². The van der Waals surface area contributed by atoms with Crippen molar-refractivity contribution in [1.29, 1.82) is 0 Å². The molecule has 0 fully saturated rings. The molecule has 0 aromatic heterocycles. The Kier molecular flexibility index (Phi) is 5.60. The Morgan fingerprint density at radius 1 is 1.04 bits per heavy atom. The average molecular weight is 400 g/mol. The summed E-state index contributed by atoms with van der Waals surface area (Å²) in [6.07, 6.45) is 0.404. The minimum Gasteiger partial charge on any atom is -0.326 e. The van der Waals surface area contributed by atoms with E-state index in [9.17, 15) is 22.8 Å². The van der Waals surface area contributed by atoms with E-state index >= 15 is 0 Å². The van der Waals surface area contributed by atoms with Gasteiger partial charge < -0.3 is 5.32 Å². The summed E-state index contributed by atoms with van der Waals surface area (Å²) < 4.78 is 26.9. The first-order valence-electron chi connectivity index (χ1n) is 8.83. The van der Waals surface area contributed by atoms with Gasteiger partial charge in [-0.1, -0.05) is 29.8 Å². The first-order chi connectivity index (χ1) is 13.2. The maximum absolute atomic E-state index is 12.4. The lowest BCUT2D eigenvalue weighted by Gasteiger charge is -2.17. The summed E-state index contributed by atoms with van der Waals surface area (Å²) in [6, 6.07) is 11.2. The minimum atomic E-state index is -4.05. The number of hydrogen-bond donors (Lipinski definition) is 2. The van der Waals surface area contributed by atoms with Gasteiger partial charge in [0.1, 0.15) is 0 Å². The molecule has 0 bridgehead atoms. The summed E-state index contributed by atoms with van der Waals surface area (Å²) in [5, 5.41) is 2.67. The summed E-state index contributed by atoms with van der Waals surface area (Å²) in [5.74, 6) is -1.08. The molecule has 1 aliphatic rings.